The first-order valence-electron chi connectivity index (χ1n) is 7.80. The lowest BCUT2D eigenvalue weighted by molar-refractivity contribution is -0.114. The molecule has 0 radical (unpaired) electrons. The quantitative estimate of drug-likeness (QED) is 0.809. The Labute approximate surface area is 131 Å². The highest BCUT2D eigenvalue weighted by molar-refractivity contribution is 6.04. The molecule has 3 nitrogen and oxygen atoms in total. The fourth-order valence-corrected chi connectivity index (χ4v) is 2.74. The average molecular weight is 292 g/mol. The third kappa shape index (κ3) is 3.08. The van der Waals surface area contributed by atoms with E-state index in [9.17, 15) is 4.79 Å². The molecule has 3 heteroatoms. The second-order valence-electron chi connectivity index (χ2n) is 5.49. The van der Waals surface area contributed by atoms with E-state index in [2.05, 4.69) is 24.0 Å². The molecule has 1 amide bonds. The Balaban J connectivity index is 1.76. The summed E-state index contributed by atoms with van der Waals surface area (Å²) in [5.74, 6) is 0.0218. The fourth-order valence-electron chi connectivity index (χ4n) is 2.74. The van der Waals surface area contributed by atoms with Gasteiger partial charge in [-0.05, 0) is 48.6 Å². The van der Waals surface area contributed by atoms with Gasteiger partial charge in [0, 0.05) is 18.8 Å². The summed E-state index contributed by atoms with van der Waals surface area (Å²) < 4.78 is 0. The van der Waals surface area contributed by atoms with Crippen LogP contribution < -0.4 is 4.90 Å². The number of benzene rings is 1. The maximum absolute atomic E-state index is 12.5. The van der Waals surface area contributed by atoms with Crippen LogP contribution in [0.1, 0.15) is 30.2 Å². The molecule has 1 aromatic carbocycles. The summed E-state index contributed by atoms with van der Waals surface area (Å²) in [6.45, 7) is 2.90. The van der Waals surface area contributed by atoms with E-state index in [4.69, 9.17) is 0 Å². The van der Waals surface area contributed by atoms with Gasteiger partial charge in [0.15, 0.2) is 0 Å². The van der Waals surface area contributed by atoms with Gasteiger partial charge in [0.1, 0.15) is 0 Å². The normalized spacial score (nSPS) is 14.1. The van der Waals surface area contributed by atoms with Gasteiger partial charge in [0.05, 0.1) is 11.4 Å². The number of nitrogens with zero attached hydrogens (tertiary/aromatic N) is 2. The van der Waals surface area contributed by atoms with Crippen LogP contribution in [0.25, 0.3) is 6.08 Å². The number of aromatic nitrogens is 1. The van der Waals surface area contributed by atoms with Crippen molar-refractivity contribution in [3.8, 4) is 0 Å². The Kier molecular flexibility index (Phi) is 4.33. The molecular weight excluding hydrogens is 272 g/mol. The van der Waals surface area contributed by atoms with Crippen LogP contribution >= 0.6 is 0 Å². The first kappa shape index (κ1) is 14.5. The number of anilines is 1. The lowest BCUT2D eigenvalue weighted by Gasteiger charge is -2.27. The number of carbonyl (C=O) groups is 1. The zero-order chi connectivity index (χ0) is 15.4. The van der Waals surface area contributed by atoms with E-state index in [1.807, 2.05) is 35.2 Å². The fraction of sp³-hybridized carbons (Fsp3) is 0.263. The number of hydrogen-bond acceptors (Lipinski definition) is 2. The summed E-state index contributed by atoms with van der Waals surface area (Å²) in [7, 11) is 0. The van der Waals surface area contributed by atoms with Crippen LogP contribution in [0.2, 0.25) is 0 Å². The van der Waals surface area contributed by atoms with Crippen molar-refractivity contribution in [2.24, 2.45) is 0 Å². The highest BCUT2D eigenvalue weighted by atomic mass is 16.2. The third-order valence-corrected chi connectivity index (χ3v) is 4.02. The number of hydrogen-bond donors (Lipinski definition) is 0. The first-order chi connectivity index (χ1) is 10.8. The molecule has 0 spiro atoms. The summed E-state index contributed by atoms with van der Waals surface area (Å²) in [6.07, 6.45) is 8.27. The van der Waals surface area contributed by atoms with Crippen LogP contribution in [0.5, 0.6) is 0 Å². The van der Waals surface area contributed by atoms with Crippen LogP contribution in [0.15, 0.2) is 48.7 Å². The van der Waals surface area contributed by atoms with Crippen molar-refractivity contribution < 1.29 is 4.79 Å². The molecule has 0 saturated heterocycles. The highest BCUT2D eigenvalue weighted by Gasteiger charge is 2.21. The molecule has 112 valence electrons. The number of amides is 1. The number of pyridine rings is 1. The summed E-state index contributed by atoms with van der Waals surface area (Å²) in [6, 6.07) is 12.2. The molecule has 0 fully saturated rings. The Morgan fingerprint density at radius 1 is 1.27 bits per heavy atom. The van der Waals surface area contributed by atoms with E-state index in [0.29, 0.717) is 0 Å². The lowest BCUT2D eigenvalue weighted by Crippen LogP contribution is -2.34. The van der Waals surface area contributed by atoms with Crippen LogP contribution in [0.4, 0.5) is 5.69 Å². The second-order valence-corrected chi connectivity index (χ2v) is 5.49. The SMILES string of the molecule is CCc1ccc(/C=C/C(=O)N2CCCc3ncccc32)cc1. The molecule has 1 aliphatic heterocycles. The van der Waals surface area contributed by atoms with Crippen molar-refractivity contribution in [1.29, 1.82) is 0 Å². The molecule has 22 heavy (non-hydrogen) atoms. The number of aryl methyl sites for hydroxylation is 2. The Morgan fingerprint density at radius 2 is 2.09 bits per heavy atom. The van der Waals surface area contributed by atoms with Gasteiger partial charge in [0.2, 0.25) is 0 Å². The van der Waals surface area contributed by atoms with Gasteiger partial charge in [-0.25, -0.2) is 0 Å². The van der Waals surface area contributed by atoms with Crippen molar-refractivity contribution in [3.05, 3.63) is 65.5 Å². The van der Waals surface area contributed by atoms with Gasteiger partial charge in [-0.15, -0.1) is 0 Å². The molecule has 0 atom stereocenters. The predicted molar refractivity (Wildman–Crippen MR) is 89.8 cm³/mol. The highest BCUT2D eigenvalue weighted by Crippen LogP contribution is 2.25. The van der Waals surface area contributed by atoms with Crippen LogP contribution in [0.3, 0.4) is 0 Å². The Bertz CT molecular complexity index is 689. The molecule has 1 aliphatic rings. The van der Waals surface area contributed by atoms with Crippen LogP contribution in [-0.4, -0.2) is 17.4 Å². The Hall–Kier alpha value is -2.42. The maximum Gasteiger partial charge on any atom is 0.251 e. The second kappa shape index (κ2) is 6.56. The van der Waals surface area contributed by atoms with Gasteiger partial charge in [0.25, 0.3) is 5.91 Å². The summed E-state index contributed by atoms with van der Waals surface area (Å²) >= 11 is 0. The molecule has 0 N–H and O–H groups in total. The van der Waals surface area contributed by atoms with E-state index in [1.165, 1.54) is 5.56 Å². The predicted octanol–water partition coefficient (Wildman–Crippen LogP) is 3.64. The molecular formula is C19H20N2O. The van der Waals surface area contributed by atoms with Crippen molar-refractivity contribution in [1.82, 2.24) is 4.98 Å². The van der Waals surface area contributed by atoms with Crippen LogP contribution in [-0.2, 0) is 17.6 Å². The first-order valence-corrected chi connectivity index (χ1v) is 7.80. The van der Waals surface area contributed by atoms with Gasteiger partial charge in [-0.2, -0.15) is 0 Å². The van der Waals surface area contributed by atoms with E-state index < -0.39 is 0 Å². The summed E-state index contributed by atoms with van der Waals surface area (Å²) in [5.41, 5.74) is 4.32. The zero-order valence-electron chi connectivity index (χ0n) is 12.8. The smallest absolute Gasteiger partial charge is 0.251 e. The third-order valence-electron chi connectivity index (χ3n) is 4.02. The zero-order valence-corrected chi connectivity index (χ0v) is 12.8. The minimum Gasteiger partial charge on any atom is -0.307 e. The molecule has 1 aromatic heterocycles. The maximum atomic E-state index is 12.5. The van der Waals surface area contributed by atoms with Gasteiger partial charge < -0.3 is 4.90 Å². The summed E-state index contributed by atoms with van der Waals surface area (Å²) in [4.78, 5) is 18.7. The Morgan fingerprint density at radius 3 is 2.86 bits per heavy atom. The molecule has 3 rings (SSSR count). The van der Waals surface area contributed by atoms with Crippen LogP contribution in [0, 0.1) is 0 Å². The molecule has 0 aliphatic carbocycles. The van der Waals surface area contributed by atoms with Gasteiger partial charge in [-0.1, -0.05) is 31.2 Å². The largest absolute Gasteiger partial charge is 0.307 e. The van der Waals surface area contributed by atoms with Crippen molar-refractivity contribution in [2.45, 2.75) is 26.2 Å². The number of rotatable bonds is 3. The lowest BCUT2D eigenvalue weighted by atomic mass is 10.1. The minimum absolute atomic E-state index is 0.0218. The van der Waals surface area contributed by atoms with E-state index in [-0.39, 0.29) is 5.91 Å². The van der Waals surface area contributed by atoms with E-state index in [0.717, 1.165) is 42.8 Å². The number of fused-ring (bicyclic) bond motifs is 1. The van der Waals surface area contributed by atoms with Crippen molar-refractivity contribution >= 4 is 17.7 Å². The van der Waals surface area contributed by atoms with E-state index in [1.54, 1.807) is 12.3 Å². The topological polar surface area (TPSA) is 33.2 Å². The number of carbonyl (C=O) groups excluding carboxylic acids is 1. The standard InChI is InChI=1S/C19H20N2O/c1-2-15-7-9-16(10-8-15)11-12-19(22)21-14-4-5-17-18(21)6-3-13-20-17/h3,6-13H,2,4-5,14H2,1H3/b12-11+. The van der Waals surface area contributed by atoms with Crippen molar-refractivity contribution in [3.63, 3.8) is 0 Å². The molecule has 0 saturated carbocycles. The molecule has 2 heterocycles. The monoisotopic (exact) mass is 292 g/mol. The molecule has 0 bridgehead atoms. The van der Waals surface area contributed by atoms with E-state index >= 15 is 0 Å². The van der Waals surface area contributed by atoms with Crippen molar-refractivity contribution in [2.75, 3.05) is 11.4 Å². The summed E-state index contributed by atoms with van der Waals surface area (Å²) in [5, 5.41) is 0. The average Bonchev–Trinajstić information content (AvgIpc) is 2.59. The molecule has 2 aromatic rings. The minimum atomic E-state index is 0.0218. The molecule has 0 unspecified atom stereocenters. The van der Waals surface area contributed by atoms with Gasteiger partial charge in [-0.3, -0.25) is 9.78 Å². The van der Waals surface area contributed by atoms with Gasteiger partial charge >= 0.3 is 0 Å².